The van der Waals surface area contributed by atoms with Crippen molar-refractivity contribution in [1.29, 1.82) is 0 Å². The summed E-state index contributed by atoms with van der Waals surface area (Å²) in [5.74, 6) is 0.847. The molecule has 3 heteroatoms. The van der Waals surface area contributed by atoms with E-state index in [9.17, 15) is 5.11 Å². The second kappa shape index (κ2) is 6.76. The molecule has 0 bridgehead atoms. The summed E-state index contributed by atoms with van der Waals surface area (Å²) in [6.45, 7) is 9.19. The molecule has 0 spiro atoms. The number of hydrogen-bond donors (Lipinski definition) is 2. The smallest absolute Gasteiger partial charge is 0.124 e. The van der Waals surface area contributed by atoms with E-state index in [2.05, 4.69) is 25.2 Å². The lowest BCUT2D eigenvalue weighted by Gasteiger charge is -2.24. The van der Waals surface area contributed by atoms with Gasteiger partial charge in [-0.2, -0.15) is 0 Å². The first kappa shape index (κ1) is 15.0. The second-order valence-electron chi connectivity index (χ2n) is 4.96. The Hall–Kier alpha value is -1.06. The minimum atomic E-state index is -0.769. The predicted molar refractivity (Wildman–Crippen MR) is 74.9 cm³/mol. The van der Waals surface area contributed by atoms with Crippen LogP contribution in [-0.4, -0.2) is 23.9 Å². The van der Waals surface area contributed by atoms with Crippen molar-refractivity contribution in [2.75, 3.05) is 13.2 Å². The highest BCUT2D eigenvalue weighted by molar-refractivity contribution is 5.35. The molecule has 1 aromatic rings. The van der Waals surface area contributed by atoms with Crippen molar-refractivity contribution in [2.24, 2.45) is 0 Å². The number of rotatable bonds is 7. The maximum Gasteiger partial charge on any atom is 0.124 e. The topological polar surface area (TPSA) is 41.5 Å². The van der Waals surface area contributed by atoms with Crippen LogP contribution in [0.15, 0.2) is 24.3 Å². The van der Waals surface area contributed by atoms with Crippen LogP contribution in [0.25, 0.3) is 0 Å². The first-order valence-electron chi connectivity index (χ1n) is 6.67. The fraction of sp³-hybridized carbons (Fsp3) is 0.600. The molecule has 0 heterocycles. The zero-order valence-corrected chi connectivity index (χ0v) is 11.9. The van der Waals surface area contributed by atoms with Crippen molar-refractivity contribution in [3.05, 3.63) is 29.8 Å². The van der Waals surface area contributed by atoms with Gasteiger partial charge in [0.05, 0.1) is 5.60 Å². The van der Waals surface area contributed by atoms with Crippen LogP contribution in [0.5, 0.6) is 5.75 Å². The third kappa shape index (κ3) is 4.31. The molecular formula is C15H25NO2. The van der Waals surface area contributed by atoms with E-state index in [1.165, 1.54) is 0 Å². The SMILES string of the molecule is CCNC(C)c1ccccc1OCC(C)(O)CC. The molecule has 0 aromatic heterocycles. The normalized spacial score (nSPS) is 16.1. The molecule has 2 unspecified atom stereocenters. The van der Waals surface area contributed by atoms with Gasteiger partial charge in [0.2, 0.25) is 0 Å². The highest BCUT2D eigenvalue weighted by Gasteiger charge is 2.19. The molecule has 3 nitrogen and oxygen atoms in total. The lowest BCUT2D eigenvalue weighted by Crippen LogP contribution is -2.31. The van der Waals surface area contributed by atoms with Gasteiger partial charge in [0.15, 0.2) is 0 Å². The van der Waals surface area contributed by atoms with E-state index in [4.69, 9.17) is 4.74 Å². The zero-order valence-electron chi connectivity index (χ0n) is 11.9. The van der Waals surface area contributed by atoms with Gasteiger partial charge < -0.3 is 15.2 Å². The van der Waals surface area contributed by atoms with Gasteiger partial charge in [-0.3, -0.25) is 0 Å². The van der Waals surface area contributed by atoms with E-state index >= 15 is 0 Å². The first-order valence-corrected chi connectivity index (χ1v) is 6.67. The number of benzene rings is 1. The van der Waals surface area contributed by atoms with Gasteiger partial charge in [-0.1, -0.05) is 32.0 Å². The summed E-state index contributed by atoms with van der Waals surface area (Å²) in [6.07, 6.45) is 0.679. The minimum absolute atomic E-state index is 0.248. The molecule has 0 saturated heterocycles. The fourth-order valence-electron chi connectivity index (χ4n) is 1.72. The third-order valence-electron chi connectivity index (χ3n) is 3.20. The van der Waals surface area contributed by atoms with Crippen molar-refractivity contribution >= 4 is 0 Å². The average molecular weight is 251 g/mol. The Morgan fingerprint density at radius 3 is 2.61 bits per heavy atom. The molecule has 0 fully saturated rings. The van der Waals surface area contributed by atoms with Gasteiger partial charge in [0.1, 0.15) is 12.4 Å². The van der Waals surface area contributed by atoms with Crippen molar-refractivity contribution < 1.29 is 9.84 Å². The van der Waals surface area contributed by atoms with E-state index in [1.54, 1.807) is 6.92 Å². The van der Waals surface area contributed by atoms with Gasteiger partial charge in [0, 0.05) is 11.6 Å². The number of nitrogens with one attached hydrogen (secondary N) is 1. The summed E-state index contributed by atoms with van der Waals surface area (Å²) in [5, 5.41) is 13.3. The predicted octanol–water partition coefficient (Wildman–Crippen LogP) is 2.90. The van der Waals surface area contributed by atoms with Crippen LogP contribution in [0.2, 0.25) is 0 Å². The number of hydrogen-bond acceptors (Lipinski definition) is 3. The lowest BCUT2D eigenvalue weighted by atomic mass is 10.0. The van der Waals surface area contributed by atoms with Gasteiger partial charge in [0.25, 0.3) is 0 Å². The number of para-hydroxylation sites is 1. The van der Waals surface area contributed by atoms with Crippen LogP contribution in [0.3, 0.4) is 0 Å². The summed E-state index contributed by atoms with van der Waals surface area (Å²) in [4.78, 5) is 0. The van der Waals surface area contributed by atoms with E-state index in [-0.39, 0.29) is 6.04 Å². The molecule has 0 amide bonds. The Morgan fingerprint density at radius 1 is 1.33 bits per heavy atom. The molecule has 18 heavy (non-hydrogen) atoms. The Balaban J connectivity index is 2.76. The largest absolute Gasteiger partial charge is 0.490 e. The molecule has 0 aliphatic heterocycles. The van der Waals surface area contributed by atoms with Gasteiger partial charge in [-0.05, 0) is 32.9 Å². The number of aliphatic hydroxyl groups is 1. The van der Waals surface area contributed by atoms with Crippen LogP contribution in [-0.2, 0) is 0 Å². The highest BCUT2D eigenvalue weighted by Crippen LogP contribution is 2.25. The lowest BCUT2D eigenvalue weighted by molar-refractivity contribution is 0.00805. The van der Waals surface area contributed by atoms with Crippen molar-refractivity contribution in [3.8, 4) is 5.75 Å². The Bertz CT molecular complexity index is 363. The van der Waals surface area contributed by atoms with Crippen molar-refractivity contribution in [2.45, 2.75) is 45.8 Å². The summed E-state index contributed by atoms with van der Waals surface area (Å²) in [7, 11) is 0. The molecular weight excluding hydrogens is 226 g/mol. The monoisotopic (exact) mass is 251 g/mol. The fourth-order valence-corrected chi connectivity index (χ4v) is 1.72. The number of ether oxygens (including phenoxy) is 1. The van der Waals surface area contributed by atoms with E-state index in [1.807, 2.05) is 25.1 Å². The zero-order chi connectivity index (χ0) is 13.6. The van der Waals surface area contributed by atoms with Gasteiger partial charge in [-0.15, -0.1) is 0 Å². The molecule has 1 rings (SSSR count). The summed E-state index contributed by atoms with van der Waals surface area (Å²) in [5.41, 5.74) is 0.361. The molecule has 0 radical (unpaired) electrons. The van der Waals surface area contributed by atoms with Crippen LogP contribution < -0.4 is 10.1 Å². The molecule has 2 atom stereocenters. The van der Waals surface area contributed by atoms with Crippen molar-refractivity contribution in [1.82, 2.24) is 5.32 Å². The maximum absolute atomic E-state index is 9.98. The van der Waals surface area contributed by atoms with Gasteiger partial charge >= 0.3 is 0 Å². The molecule has 0 saturated carbocycles. The quantitative estimate of drug-likeness (QED) is 0.783. The van der Waals surface area contributed by atoms with Gasteiger partial charge in [-0.25, -0.2) is 0 Å². The summed E-state index contributed by atoms with van der Waals surface area (Å²) in [6, 6.07) is 8.22. The van der Waals surface area contributed by atoms with Crippen LogP contribution in [0.1, 0.15) is 45.7 Å². The molecule has 0 aliphatic rings. The minimum Gasteiger partial charge on any atom is -0.490 e. The first-order chi connectivity index (χ1) is 8.50. The molecule has 1 aromatic carbocycles. The van der Waals surface area contributed by atoms with E-state index < -0.39 is 5.60 Å². The van der Waals surface area contributed by atoms with Crippen molar-refractivity contribution in [3.63, 3.8) is 0 Å². The molecule has 2 N–H and O–H groups in total. The summed E-state index contributed by atoms with van der Waals surface area (Å²) < 4.78 is 5.77. The Labute approximate surface area is 110 Å². The van der Waals surface area contributed by atoms with E-state index in [0.29, 0.717) is 13.0 Å². The third-order valence-corrected chi connectivity index (χ3v) is 3.20. The Kier molecular flexibility index (Phi) is 5.63. The standard InChI is InChI=1S/C15H25NO2/c1-5-15(4,17)11-18-14-10-8-7-9-13(14)12(3)16-6-2/h7-10,12,16-17H,5-6,11H2,1-4H3. The highest BCUT2D eigenvalue weighted by atomic mass is 16.5. The maximum atomic E-state index is 9.98. The summed E-state index contributed by atoms with van der Waals surface area (Å²) >= 11 is 0. The Morgan fingerprint density at radius 2 is 2.00 bits per heavy atom. The second-order valence-corrected chi connectivity index (χ2v) is 4.96. The van der Waals surface area contributed by atoms with Crippen LogP contribution >= 0.6 is 0 Å². The van der Waals surface area contributed by atoms with E-state index in [0.717, 1.165) is 17.9 Å². The molecule has 102 valence electrons. The average Bonchev–Trinajstić information content (AvgIpc) is 2.37. The molecule has 0 aliphatic carbocycles. The van der Waals surface area contributed by atoms with Crippen LogP contribution in [0, 0.1) is 0 Å². The van der Waals surface area contributed by atoms with Crippen LogP contribution in [0.4, 0.5) is 0 Å².